The second-order valence-corrected chi connectivity index (χ2v) is 7.30. The van der Waals surface area contributed by atoms with Crippen molar-refractivity contribution in [1.29, 1.82) is 0 Å². The van der Waals surface area contributed by atoms with Crippen LogP contribution in [0.4, 0.5) is 0 Å². The number of aliphatic carboxylic acids is 1. The number of rotatable bonds is 5. The van der Waals surface area contributed by atoms with Crippen molar-refractivity contribution in [2.24, 2.45) is 0 Å². The van der Waals surface area contributed by atoms with Gasteiger partial charge in [-0.1, -0.05) is 0 Å². The SMILES string of the molecule is O=C(O)CC1CSCCN1C(=O)c1ccc(C(=O)NC2CC2)cc1. The zero-order valence-corrected chi connectivity index (χ0v) is 14.1. The Hall–Kier alpha value is -2.02. The van der Waals surface area contributed by atoms with Crippen molar-refractivity contribution < 1.29 is 19.5 Å². The van der Waals surface area contributed by atoms with Crippen LogP contribution >= 0.6 is 11.8 Å². The lowest BCUT2D eigenvalue weighted by Gasteiger charge is -2.34. The van der Waals surface area contributed by atoms with E-state index in [0.29, 0.717) is 29.5 Å². The number of hydrogen-bond acceptors (Lipinski definition) is 4. The van der Waals surface area contributed by atoms with Gasteiger partial charge in [-0.25, -0.2) is 0 Å². The molecule has 0 radical (unpaired) electrons. The highest BCUT2D eigenvalue weighted by molar-refractivity contribution is 7.99. The molecule has 128 valence electrons. The van der Waals surface area contributed by atoms with Gasteiger partial charge in [-0.3, -0.25) is 14.4 Å². The third kappa shape index (κ3) is 4.08. The first-order chi connectivity index (χ1) is 11.5. The molecule has 6 nitrogen and oxygen atoms in total. The normalized spacial score (nSPS) is 20.5. The van der Waals surface area contributed by atoms with E-state index in [4.69, 9.17) is 5.11 Å². The lowest BCUT2D eigenvalue weighted by atomic mass is 10.1. The van der Waals surface area contributed by atoms with Gasteiger partial charge in [0.1, 0.15) is 0 Å². The fraction of sp³-hybridized carbons (Fsp3) is 0.471. The second kappa shape index (κ2) is 7.25. The third-order valence-electron chi connectivity index (χ3n) is 4.21. The van der Waals surface area contributed by atoms with E-state index in [1.165, 1.54) is 0 Å². The van der Waals surface area contributed by atoms with Crippen LogP contribution in [0.2, 0.25) is 0 Å². The van der Waals surface area contributed by atoms with Crippen LogP contribution in [0.3, 0.4) is 0 Å². The summed E-state index contributed by atoms with van der Waals surface area (Å²) in [4.78, 5) is 37.3. The van der Waals surface area contributed by atoms with Crippen molar-refractivity contribution in [1.82, 2.24) is 10.2 Å². The van der Waals surface area contributed by atoms with Crippen molar-refractivity contribution in [3.63, 3.8) is 0 Å². The van der Waals surface area contributed by atoms with E-state index in [1.54, 1.807) is 40.9 Å². The Kier molecular flexibility index (Phi) is 5.08. The number of carbonyl (C=O) groups excluding carboxylic acids is 2. The molecule has 2 N–H and O–H groups in total. The van der Waals surface area contributed by atoms with E-state index in [-0.39, 0.29) is 24.3 Å². The molecule has 1 aromatic carbocycles. The molecule has 1 atom stereocenters. The molecule has 24 heavy (non-hydrogen) atoms. The van der Waals surface area contributed by atoms with Gasteiger partial charge < -0.3 is 15.3 Å². The van der Waals surface area contributed by atoms with Gasteiger partial charge in [0, 0.05) is 35.2 Å². The van der Waals surface area contributed by atoms with Crippen LogP contribution in [0, 0.1) is 0 Å². The molecule has 1 aliphatic heterocycles. The van der Waals surface area contributed by atoms with E-state index in [2.05, 4.69) is 5.32 Å². The maximum atomic E-state index is 12.7. The summed E-state index contributed by atoms with van der Waals surface area (Å²) in [6.45, 7) is 0.547. The molecule has 0 spiro atoms. The molecule has 0 bridgehead atoms. The molecule has 1 aliphatic carbocycles. The molecule has 2 amide bonds. The van der Waals surface area contributed by atoms with Gasteiger partial charge in [0.05, 0.1) is 12.5 Å². The smallest absolute Gasteiger partial charge is 0.305 e. The fourth-order valence-corrected chi connectivity index (χ4v) is 3.78. The molecule has 2 aliphatic rings. The fourth-order valence-electron chi connectivity index (χ4n) is 2.72. The molecule has 1 saturated heterocycles. The minimum absolute atomic E-state index is 0.0411. The van der Waals surface area contributed by atoms with Crippen molar-refractivity contribution in [3.05, 3.63) is 35.4 Å². The minimum atomic E-state index is -0.896. The zero-order valence-electron chi connectivity index (χ0n) is 13.2. The van der Waals surface area contributed by atoms with Gasteiger partial charge in [-0.15, -0.1) is 0 Å². The van der Waals surface area contributed by atoms with E-state index in [9.17, 15) is 14.4 Å². The Morgan fingerprint density at radius 3 is 2.46 bits per heavy atom. The number of nitrogens with zero attached hydrogens (tertiary/aromatic N) is 1. The van der Waals surface area contributed by atoms with Crippen molar-refractivity contribution in [3.8, 4) is 0 Å². The van der Waals surface area contributed by atoms with E-state index in [0.717, 1.165) is 18.6 Å². The summed E-state index contributed by atoms with van der Waals surface area (Å²) in [5.41, 5.74) is 1.02. The highest BCUT2D eigenvalue weighted by Gasteiger charge is 2.29. The van der Waals surface area contributed by atoms with Gasteiger partial charge in [-0.05, 0) is 37.1 Å². The summed E-state index contributed by atoms with van der Waals surface area (Å²) < 4.78 is 0. The largest absolute Gasteiger partial charge is 0.481 e. The monoisotopic (exact) mass is 348 g/mol. The first-order valence-corrected chi connectivity index (χ1v) is 9.21. The van der Waals surface area contributed by atoms with E-state index in [1.807, 2.05) is 0 Å². The predicted molar refractivity (Wildman–Crippen MR) is 91.3 cm³/mol. The maximum Gasteiger partial charge on any atom is 0.305 e. The predicted octanol–water partition coefficient (Wildman–Crippen LogP) is 1.61. The highest BCUT2D eigenvalue weighted by Crippen LogP contribution is 2.22. The van der Waals surface area contributed by atoms with E-state index < -0.39 is 5.97 Å². The summed E-state index contributed by atoms with van der Waals surface area (Å²) in [5, 5.41) is 11.9. The van der Waals surface area contributed by atoms with Gasteiger partial charge >= 0.3 is 5.97 Å². The van der Waals surface area contributed by atoms with Gasteiger partial charge in [-0.2, -0.15) is 11.8 Å². The second-order valence-electron chi connectivity index (χ2n) is 6.15. The molecule has 2 fully saturated rings. The average Bonchev–Trinajstić information content (AvgIpc) is 3.38. The topological polar surface area (TPSA) is 86.7 Å². The molecule has 1 aromatic rings. The number of nitrogens with one attached hydrogen (secondary N) is 1. The number of hydrogen-bond donors (Lipinski definition) is 2. The first kappa shape index (κ1) is 16.8. The average molecular weight is 348 g/mol. The van der Waals surface area contributed by atoms with Crippen LogP contribution in [0.15, 0.2) is 24.3 Å². The number of benzene rings is 1. The quantitative estimate of drug-likeness (QED) is 0.844. The van der Waals surface area contributed by atoms with Gasteiger partial charge in [0.25, 0.3) is 11.8 Å². The van der Waals surface area contributed by atoms with Crippen molar-refractivity contribution in [2.75, 3.05) is 18.1 Å². The van der Waals surface area contributed by atoms with Crippen molar-refractivity contribution in [2.45, 2.75) is 31.3 Å². The number of carboxylic acids is 1. The Morgan fingerprint density at radius 1 is 1.17 bits per heavy atom. The van der Waals surface area contributed by atoms with Crippen LogP contribution in [0.1, 0.15) is 40.0 Å². The number of carbonyl (C=O) groups is 3. The molecular weight excluding hydrogens is 328 g/mol. The lowest BCUT2D eigenvalue weighted by molar-refractivity contribution is -0.138. The van der Waals surface area contributed by atoms with Crippen LogP contribution in [-0.2, 0) is 4.79 Å². The van der Waals surface area contributed by atoms with Crippen LogP contribution in [0.5, 0.6) is 0 Å². The molecule has 1 saturated carbocycles. The molecule has 0 aromatic heterocycles. The van der Waals surface area contributed by atoms with E-state index >= 15 is 0 Å². The molecule has 1 heterocycles. The Balaban J connectivity index is 1.68. The summed E-state index contributed by atoms with van der Waals surface area (Å²) in [5.74, 6) is 0.265. The molecule has 1 unspecified atom stereocenters. The molecule has 3 rings (SSSR count). The number of carboxylic acid groups (broad SMARTS) is 1. The van der Waals surface area contributed by atoms with Crippen molar-refractivity contribution >= 4 is 29.5 Å². The Morgan fingerprint density at radius 2 is 1.83 bits per heavy atom. The first-order valence-electron chi connectivity index (χ1n) is 8.06. The zero-order chi connectivity index (χ0) is 17.1. The highest BCUT2D eigenvalue weighted by atomic mass is 32.2. The number of amides is 2. The summed E-state index contributed by atoms with van der Waals surface area (Å²) in [6, 6.07) is 6.59. The minimum Gasteiger partial charge on any atom is -0.481 e. The van der Waals surface area contributed by atoms with Gasteiger partial charge in [0.15, 0.2) is 0 Å². The van der Waals surface area contributed by atoms with Crippen LogP contribution in [-0.4, -0.2) is 57.9 Å². The molecular formula is C17H20N2O4S. The Labute approximate surface area is 144 Å². The van der Waals surface area contributed by atoms with Crippen LogP contribution in [0.25, 0.3) is 0 Å². The van der Waals surface area contributed by atoms with Crippen LogP contribution < -0.4 is 5.32 Å². The summed E-state index contributed by atoms with van der Waals surface area (Å²) in [7, 11) is 0. The maximum absolute atomic E-state index is 12.7. The van der Waals surface area contributed by atoms with Gasteiger partial charge in [0.2, 0.25) is 0 Å². The molecule has 7 heteroatoms. The third-order valence-corrected chi connectivity index (χ3v) is 5.30. The summed E-state index contributed by atoms with van der Waals surface area (Å²) in [6.07, 6.45) is 2.01. The standard InChI is InChI=1S/C17H20N2O4S/c20-15(21)9-14-10-24-8-7-19(14)17(23)12-3-1-11(2-4-12)16(22)18-13-5-6-13/h1-4,13-14H,5-10H2,(H,18,22)(H,20,21). The summed E-state index contributed by atoms with van der Waals surface area (Å²) >= 11 is 1.67. The Bertz CT molecular complexity index is 642. The lowest BCUT2D eigenvalue weighted by Crippen LogP contribution is -2.47. The number of thioether (sulfide) groups is 1.